The number of aliphatic hydroxyl groups excluding tert-OH is 1. The van der Waals surface area contributed by atoms with Crippen LogP contribution in [-0.4, -0.2) is 82.2 Å². The number of amides is 4. The highest BCUT2D eigenvalue weighted by atomic mass is 16.4. The SMILES string of the molecule is NC(=O)CC(N)C(=O)NCC(=O)NC(CC(=O)O)C(=O)NC(CO)C(=O)O. The van der Waals surface area contributed by atoms with E-state index in [9.17, 15) is 28.8 Å². The van der Waals surface area contributed by atoms with Crippen molar-refractivity contribution in [3.05, 3.63) is 0 Å². The first-order valence-corrected chi connectivity index (χ1v) is 7.44. The van der Waals surface area contributed by atoms with Crippen LogP contribution in [0.15, 0.2) is 0 Å². The van der Waals surface area contributed by atoms with Crippen LogP contribution >= 0.6 is 0 Å². The summed E-state index contributed by atoms with van der Waals surface area (Å²) in [6, 6.07) is -4.66. The summed E-state index contributed by atoms with van der Waals surface area (Å²) in [6.45, 7) is -1.65. The number of nitrogens with two attached hydrogens (primary N) is 2. The second-order valence-corrected chi connectivity index (χ2v) is 5.29. The average Bonchev–Trinajstić information content (AvgIpc) is 2.55. The van der Waals surface area contributed by atoms with Crippen molar-refractivity contribution in [3.63, 3.8) is 0 Å². The van der Waals surface area contributed by atoms with Gasteiger partial charge in [0.15, 0.2) is 0 Å². The number of carbonyl (C=O) groups excluding carboxylic acids is 4. The van der Waals surface area contributed by atoms with Crippen LogP contribution in [0.1, 0.15) is 12.8 Å². The Morgan fingerprint density at radius 3 is 1.93 bits per heavy atom. The summed E-state index contributed by atoms with van der Waals surface area (Å²) >= 11 is 0. The van der Waals surface area contributed by atoms with Gasteiger partial charge < -0.3 is 42.7 Å². The molecule has 0 aliphatic rings. The molecule has 0 aromatic carbocycles. The van der Waals surface area contributed by atoms with Gasteiger partial charge in [-0.15, -0.1) is 0 Å². The number of hydrogen-bond donors (Lipinski definition) is 8. The van der Waals surface area contributed by atoms with E-state index in [2.05, 4.69) is 5.32 Å². The number of carbonyl (C=O) groups is 6. The Hall–Kier alpha value is -3.26. The molecule has 4 amide bonds. The Morgan fingerprint density at radius 2 is 1.48 bits per heavy atom. The van der Waals surface area contributed by atoms with Crippen LogP contribution in [0.25, 0.3) is 0 Å². The van der Waals surface area contributed by atoms with Gasteiger partial charge in [-0.1, -0.05) is 0 Å². The van der Waals surface area contributed by atoms with Crippen molar-refractivity contribution in [2.45, 2.75) is 31.0 Å². The van der Waals surface area contributed by atoms with E-state index >= 15 is 0 Å². The molecule has 0 fully saturated rings. The lowest BCUT2D eigenvalue weighted by Gasteiger charge is -2.19. The minimum Gasteiger partial charge on any atom is -0.481 e. The van der Waals surface area contributed by atoms with Crippen LogP contribution < -0.4 is 27.4 Å². The number of rotatable bonds is 12. The van der Waals surface area contributed by atoms with E-state index in [4.69, 9.17) is 26.8 Å². The van der Waals surface area contributed by atoms with Crippen molar-refractivity contribution >= 4 is 35.6 Å². The van der Waals surface area contributed by atoms with Gasteiger partial charge in [0.1, 0.15) is 12.1 Å². The lowest BCUT2D eigenvalue weighted by atomic mass is 10.1. The molecular formula is C13H21N5O9. The Balaban J connectivity index is 4.79. The molecule has 0 aromatic heterocycles. The fraction of sp³-hybridized carbons (Fsp3) is 0.538. The van der Waals surface area contributed by atoms with Gasteiger partial charge in [-0.2, -0.15) is 0 Å². The van der Waals surface area contributed by atoms with Gasteiger partial charge in [0.2, 0.25) is 23.6 Å². The minimum absolute atomic E-state index is 0.463. The van der Waals surface area contributed by atoms with Crippen LogP contribution in [0.5, 0.6) is 0 Å². The molecule has 14 heteroatoms. The van der Waals surface area contributed by atoms with Gasteiger partial charge >= 0.3 is 11.9 Å². The number of aliphatic hydroxyl groups is 1. The number of nitrogens with one attached hydrogen (secondary N) is 3. The molecule has 152 valence electrons. The fourth-order valence-electron chi connectivity index (χ4n) is 1.69. The molecule has 0 aliphatic carbocycles. The third-order valence-corrected chi connectivity index (χ3v) is 3.01. The largest absolute Gasteiger partial charge is 0.481 e. The van der Waals surface area contributed by atoms with Crippen molar-refractivity contribution in [2.75, 3.05) is 13.2 Å². The van der Waals surface area contributed by atoms with E-state index in [-0.39, 0.29) is 0 Å². The molecule has 0 aromatic rings. The van der Waals surface area contributed by atoms with E-state index in [0.29, 0.717) is 0 Å². The predicted molar refractivity (Wildman–Crippen MR) is 85.6 cm³/mol. The minimum atomic E-state index is -1.70. The van der Waals surface area contributed by atoms with Crippen LogP contribution in [0.4, 0.5) is 0 Å². The van der Waals surface area contributed by atoms with Crippen molar-refractivity contribution in [2.24, 2.45) is 11.5 Å². The molecule has 0 saturated carbocycles. The fourth-order valence-corrected chi connectivity index (χ4v) is 1.69. The number of carboxylic acid groups (broad SMARTS) is 2. The highest BCUT2D eigenvalue weighted by molar-refractivity contribution is 5.94. The summed E-state index contributed by atoms with van der Waals surface area (Å²) in [6.07, 6.45) is -1.35. The molecule has 10 N–H and O–H groups in total. The molecule has 0 heterocycles. The molecule has 14 nitrogen and oxygen atoms in total. The molecule has 0 bridgehead atoms. The Labute approximate surface area is 152 Å². The highest BCUT2D eigenvalue weighted by Gasteiger charge is 2.28. The predicted octanol–water partition coefficient (Wildman–Crippen LogP) is -5.17. The number of carboxylic acids is 2. The number of primary amides is 1. The Bertz CT molecular complexity index is 609. The monoisotopic (exact) mass is 391 g/mol. The maximum atomic E-state index is 11.9. The summed E-state index contributed by atoms with van der Waals surface area (Å²) in [7, 11) is 0. The summed E-state index contributed by atoms with van der Waals surface area (Å²) in [5.74, 6) is -6.90. The van der Waals surface area contributed by atoms with E-state index in [1.54, 1.807) is 0 Å². The van der Waals surface area contributed by atoms with Crippen LogP contribution in [0.3, 0.4) is 0 Å². The average molecular weight is 391 g/mol. The summed E-state index contributed by atoms with van der Waals surface area (Å²) in [4.78, 5) is 67.5. The lowest BCUT2D eigenvalue weighted by Crippen LogP contribution is -2.55. The molecule has 0 rings (SSSR count). The Kier molecular flexibility index (Phi) is 10.0. The molecular weight excluding hydrogens is 370 g/mol. The summed E-state index contributed by atoms with van der Waals surface area (Å²) in [5, 5.41) is 32.3. The Morgan fingerprint density at radius 1 is 0.889 bits per heavy atom. The van der Waals surface area contributed by atoms with Crippen LogP contribution in [-0.2, 0) is 28.8 Å². The van der Waals surface area contributed by atoms with Gasteiger partial charge in [-0.05, 0) is 0 Å². The zero-order chi connectivity index (χ0) is 21.1. The third-order valence-electron chi connectivity index (χ3n) is 3.01. The van der Waals surface area contributed by atoms with E-state index < -0.39 is 79.7 Å². The van der Waals surface area contributed by atoms with Crippen molar-refractivity contribution in [1.82, 2.24) is 16.0 Å². The second kappa shape index (κ2) is 11.4. The van der Waals surface area contributed by atoms with E-state index in [1.807, 2.05) is 10.6 Å². The number of hydrogen-bond acceptors (Lipinski definition) is 8. The second-order valence-electron chi connectivity index (χ2n) is 5.29. The molecule has 0 spiro atoms. The zero-order valence-electron chi connectivity index (χ0n) is 14.0. The van der Waals surface area contributed by atoms with Crippen molar-refractivity contribution in [3.8, 4) is 0 Å². The topological polar surface area (TPSA) is 251 Å². The van der Waals surface area contributed by atoms with E-state index in [0.717, 1.165) is 0 Å². The highest BCUT2D eigenvalue weighted by Crippen LogP contribution is 1.96. The maximum Gasteiger partial charge on any atom is 0.328 e. The molecule has 3 unspecified atom stereocenters. The molecule has 0 radical (unpaired) electrons. The van der Waals surface area contributed by atoms with Crippen LogP contribution in [0.2, 0.25) is 0 Å². The lowest BCUT2D eigenvalue weighted by molar-refractivity contribution is -0.144. The van der Waals surface area contributed by atoms with Crippen molar-refractivity contribution < 1.29 is 44.1 Å². The first-order chi connectivity index (χ1) is 12.5. The standard InChI is InChI=1S/C13H21N5O9/c14-5(1-8(15)20)11(24)16-3-9(21)17-6(2-10(22)23)12(25)18-7(4-19)13(26)27/h5-7,19H,1-4,14H2,(H2,15,20)(H,16,24)(H,17,21)(H,18,25)(H,22,23)(H,26,27). The normalized spacial score (nSPS) is 13.6. The van der Waals surface area contributed by atoms with Crippen LogP contribution in [0, 0.1) is 0 Å². The molecule has 0 saturated heterocycles. The van der Waals surface area contributed by atoms with Gasteiger partial charge in [-0.25, -0.2) is 4.79 Å². The summed E-state index contributed by atoms with van der Waals surface area (Å²) in [5.41, 5.74) is 10.2. The first-order valence-electron chi connectivity index (χ1n) is 7.44. The van der Waals surface area contributed by atoms with Gasteiger partial charge in [0.05, 0.1) is 32.0 Å². The van der Waals surface area contributed by atoms with Gasteiger partial charge in [0, 0.05) is 0 Å². The first kappa shape index (κ1) is 23.7. The van der Waals surface area contributed by atoms with Gasteiger partial charge in [0.25, 0.3) is 0 Å². The molecule has 0 aliphatic heterocycles. The van der Waals surface area contributed by atoms with E-state index in [1.165, 1.54) is 0 Å². The quantitative estimate of drug-likeness (QED) is 0.157. The molecule has 3 atom stereocenters. The maximum absolute atomic E-state index is 11.9. The van der Waals surface area contributed by atoms with Crippen molar-refractivity contribution in [1.29, 1.82) is 0 Å². The third kappa shape index (κ3) is 9.71. The number of aliphatic carboxylic acids is 2. The zero-order valence-corrected chi connectivity index (χ0v) is 14.0. The smallest absolute Gasteiger partial charge is 0.328 e. The van der Waals surface area contributed by atoms with Gasteiger partial charge in [-0.3, -0.25) is 24.0 Å². The summed E-state index contributed by atoms with van der Waals surface area (Å²) < 4.78 is 0. The molecule has 27 heavy (non-hydrogen) atoms.